The predicted octanol–water partition coefficient (Wildman–Crippen LogP) is 3.07. The fourth-order valence-electron chi connectivity index (χ4n) is 2.18. The van der Waals surface area contributed by atoms with Crippen LogP contribution in [0.1, 0.15) is 12.5 Å². The first kappa shape index (κ1) is 15.4. The van der Waals surface area contributed by atoms with Gasteiger partial charge in [0.15, 0.2) is 11.0 Å². The molecule has 3 rings (SSSR count). The van der Waals surface area contributed by atoms with Gasteiger partial charge >= 0.3 is 0 Å². The Morgan fingerprint density at radius 3 is 2.65 bits per heavy atom. The van der Waals surface area contributed by atoms with Crippen molar-refractivity contribution in [3.8, 4) is 11.4 Å². The van der Waals surface area contributed by atoms with Crippen LogP contribution in [0.2, 0.25) is 0 Å². The Hall–Kier alpha value is -2.47. The summed E-state index contributed by atoms with van der Waals surface area (Å²) in [7, 11) is 0. The van der Waals surface area contributed by atoms with Gasteiger partial charge in [0.2, 0.25) is 0 Å². The van der Waals surface area contributed by atoms with E-state index in [9.17, 15) is 4.79 Å². The molecular formula is C17H16N4OS. The number of nitrogens with zero attached hydrogens (tertiary/aromatic N) is 4. The van der Waals surface area contributed by atoms with E-state index in [0.29, 0.717) is 12.3 Å². The van der Waals surface area contributed by atoms with Crippen LogP contribution in [0.25, 0.3) is 11.4 Å². The van der Waals surface area contributed by atoms with Crippen molar-refractivity contribution in [2.75, 3.05) is 5.75 Å². The molecule has 0 amide bonds. The second-order valence-electron chi connectivity index (χ2n) is 5.11. The van der Waals surface area contributed by atoms with Crippen molar-refractivity contribution >= 4 is 17.5 Å². The summed E-state index contributed by atoms with van der Waals surface area (Å²) in [6, 6.07) is 14.0. The van der Waals surface area contributed by atoms with Crippen molar-refractivity contribution in [2.45, 2.75) is 18.6 Å². The number of Topliss-reactive ketones (excluding diaryl/α,β-unsaturated/α-hetero) is 1. The molecule has 3 aromatic rings. The quantitative estimate of drug-likeness (QED) is 0.652. The van der Waals surface area contributed by atoms with Crippen LogP contribution < -0.4 is 0 Å². The lowest BCUT2D eigenvalue weighted by Crippen LogP contribution is -2.05. The maximum absolute atomic E-state index is 11.3. The molecule has 2 aromatic heterocycles. The van der Waals surface area contributed by atoms with Crippen LogP contribution in [0, 0.1) is 0 Å². The van der Waals surface area contributed by atoms with Crippen molar-refractivity contribution < 1.29 is 4.79 Å². The van der Waals surface area contributed by atoms with Crippen molar-refractivity contribution in [3.63, 3.8) is 0 Å². The molecule has 116 valence electrons. The third kappa shape index (κ3) is 3.84. The Kier molecular flexibility index (Phi) is 4.83. The summed E-state index contributed by atoms with van der Waals surface area (Å²) in [5.74, 6) is 1.26. The summed E-state index contributed by atoms with van der Waals surface area (Å²) >= 11 is 1.41. The van der Waals surface area contributed by atoms with Crippen LogP contribution in [-0.2, 0) is 11.3 Å². The normalized spacial score (nSPS) is 10.7. The highest BCUT2D eigenvalue weighted by atomic mass is 32.2. The number of pyridine rings is 1. The fraction of sp³-hybridized carbons (Fsp3) is 0.176. The summed E-state index contributed by atoms with van der Waals surface area (Å²) in [6.45, 7) is 2.23. The van der Waals surface area contributed by atoms with Crippen LogP contribution in [0.15, 0.2) is 60.0 Å². The number of aromatic nitrogens is 4. The second kappa shape index (κ2) is 7.19. The van der Waals surface area contributed by atoms with Gasteiger partial charge in [-0.1, -0.05) is 42.1 Å². The maximum atomic E-state index is 11.3. The third-order valence-electron chi connectivity index (χ3n) is 3.22. The third-order valence-corrected chi connectivity index (χ3v) is 4.34. The van der Waals surface area contributed by atoms with Crippen LogP contribution in [0.5, 0.6) is 0 Å². The summed E-state index contributed by atoms with van der Waals surface area (Å²) < 4.78 is 2.03. The van der Waals surface area contributed by atoms with Crippen molar-refractivity contribution in [1.29, 1.82) is 0 Å². The first-order chi connectivity index (χ1) is 11.2. The number of ketones is 1. The smallest absolute Gasteiger partial charge is 0.192 e. The minimum Gasteiger partial charge on any atom is -0.299 e. The molecule has 0 saturated carbocycles. The number of carbonyl (C=O) groups excluding carboxylic acids is 1. The molecule has 0 fully saturated rings. The van der Waals surface area contributed by atoms with Gasteiger partial charge in [-0.15, -0.1) is 10.2 Å². The van der Waals surface area contributed by atoms with E-state index in [1.807, 2.05) is 34.9 Å². The lowest BCUT2D eigenvalue weighted by Gasteiger charge is -2.10. The largest absolute Gasteiger partial charge is 0.299 e. The van der Waals surface area contributed by atoms with Crippen molar-refractivity contribution in [2.24, 2.45) is 0 Å². The van der Waals surface area contributed by atoms with E-state index in [-0.39, 0.29) is 5.78 Å². The molecule has 6 heteroatoms. The number of carbonyl (C=O) groups is 1. The number of thioether (sulfide) groups is 1. The Balaban J connectivity index is 1.97. The van der Waals surface area contributed by atoms with E-state index >= 15 is 0 Å². The van der Waals surface area contributed by atoms with E-state index in [4.69, 9.17) is 0 Å². The van der Waals surface area contributed by atoms with Gasteiger partial charge in [0.25, 0.3) is 0 Å². The highest BCUT2D eigenvalue weighted by Crippen LogP contribution is 2.24. The van der Waals surface area contributed by atoms with Crippen molar-refractivity contribution in [3.05, 3.63) is 60.4 Å². The van der Waals surface area contributed by atoms with E-state index < -0.39 is 0 Å². The maximum Gasteiger partial charge on any atom is 0.192 e. The zero-order chi connectivity index (χ0) is 16.1. The van der Waals surface area contributed by atoms with Gasteiger partial charge in [-0.05, 0) is 24.6 Å². The predicted molar refractivity (Wildman–Crippen MR) is 90.2 cm³/mol. The van der Waals surface area contributed by atoms with Crippen LogP contribution in [0.3, 0.4) is 0 Å². The molecule has 0 bridgehead atoms. The molecule has 0 aliphatic rings. The Bertz CT molecular complexity index is 787. The van der Waals surface area contributed by atoms with Gasteiger partial charge in [-0.25, -0.2) is 0 Å². The number of rotatable bonds is 6. The summed E-state index contributed by atoms with van der Waals surface area (Å²) in [5, 5.41) is 9.30. The Morgan fingerprint density at radius 2 is 1.96 bits per heavy atom. The van der Waals surface area contributed by atoms with Gasteiger partial charge in [0, 0.05) is 18.0 Å². The number of benzene rings is 1. The average molecular weight is 324 g/mol. The standard InChI is InChI=1S/C17H16N4OS/c1-13(22)12-23-17-20-19-16(15-8-5-9-18-10-15)21(17)11-14-6-3-2-4-7-14/h2-10H,11-12H2,1H3. The molecule has 0 unspecified atom stereocenters. The van der Waals surface area contributed by atoms with Crippen LogP contribution >= 0.6 is 11.8 Å². The van der Waals surface area contributed by atoms with Gasteiger partial charge in [0.1, 0.15) is 5.78 Å². The SMILES string of the molecule is CC(=O)CSc1nnc(-c2cccnc2)n1Cc1ccccc1. The lowest BCUT2D eigenvalue weighted by atomic mass is 10.2. The summed E-state index contributed by atoms with van der Waals surface area (Å²) in [4.78, 5) is 15.4. The lowest BCUT2D eigenvalue weighted by molar-refractivity contribution is -0.114. The van der Waals surface area contributed by atoms with E-state index in [0.717, 1.165) is 22.1 Å². The molecule has 0 atom stereocenters. The molecule has 0 saturated heterocycles. The monoisotopic (exact) mass is 324 g/mol. The molecule has 23 heavy (non-hydrogen) atoms. The van der Waals surface area contributed by atoms with Crippen LogP contribution in [0.4, 0.5) is 0 Å². The first-order valence-electron chi connectivity index (χ1n) is 7.24. The van der Waals surface area contributed by atoms with Gasteiger partial charge < -0.3 is 0 Å². The highest BCUT2D eigenvalue weighted by Gasteiger charge is 2.15. The summed E-state index contributed by atoms with van der Waals surface area (Å²) in [6.07, 6.45) is 3.50. The number of hydrogen-bond donors (Lipinski definition) is 0. The van der Waals surface area contributed by atoms with E-state index in [1.165, 1.54) is 11.8 Å². The van der Waals surface area contributed by atoms with Crippen molar-refractivity contribution in [1.82, 2.24) is 19.7 Å². The topological polar surface area (TPSA) is 60.7 Å². The molecule has 0 aliphatic heterocycles. The number of hydrogen-bond acceptors (Lipinski definition) is 5. The molecule has 0 spiro atoms. The molecule has 0 radical (unpaired) electrons. The highest BCUT2D eigenvalue weighted by molar-refractivity contribution is 7.99. The minimum absolute atomic E-state index is 0.118. The molecule has 0 aliphatic carbocycles. The van der Waals surface area contributed by atoms with E-state index in [2.05, 4.69) is 27.3 Å². The molecule has 1 aromatic carbocycles. The van der Waals surface area contributed by atoms with Gasteiger partial charge in [0.05, 0.1) is 12.3 Å². The zero-order valence-corrected chi connectivity index (χ0v) is 13.5. The van der Waals surface area contributed by atoms with Crippen LogP contribution in [-0.4, -0.2) is 31.3 Å². The first-order valence-corrected chi connectivity index (χ1v) is 8.22. The van der Waals surface area contributed by atoms with Gasteiger partial charge in [-0.2, -0.15) is 0 Å². The molecule has 2 heterocycles. The average Bonchev–Trinajstić information content (AvgIpc) is 2.97. The molecular weight excluding hydrogens is 308 g/mol. The minimum atomic E-state index is 0.118. The Morgan fingerprint density at radius 1 is 1.13 bits per heavy atom. The molecule has 5 nitrogen and oxygen atoms in total. The summed E-state index contributed by atoms with van der Waals surface area (Å²) in [5.41, 5.74) is 2.06. The fourth-order valence-corrected chi connectivity index (χ4v) is 2.92. The zero-order valence-electron chi connectivity index (χ0n) is 12.7. The Labute approximate surface area is 138 Å². The second-order valence-corrected chi connectivity index (χ2v) is 6.05. The van der Waals surface area contributed by atoms with E-state index in [1.54, 1.807) is 19.3 Å². The molecule has 0 N–H and O–H groups in total. The van der Waals surface area contributed by atoms with Gasteiger partial charge in [-0.3, -0.25) is 14.3 Å².